The molecule has 0 saturated carbocycles. The Hall–Kier alpha value is -2.76. The highest BCUT2D eigenvalue weighted by molar-refractivity contribution is 6.22. The minimum absolute atomic E-state index is 0.0523. The van der Waals surface area contributed by atoms with E-state index in [0.29, 0.717) is 48.9 Å². The molecule has 0 aromatic heterocycles. The van der Waals surface area contributed by atoms with Gasteiger partial charge in [0, 0.05) is 32.2 Å². The number of nitrogens with zero attached hydrogens (tertiary/aromatic N) is 1. The molecule has 0 saturated heterocycles. The van der Waals surface area contributed by atoms with Crippen molar-refractivity contribution in [3.63, 3.8) is 0 Å². The van der Waals surface area contributed by atoms with Crippen molar-refractivity contribution in [1.29, 1.82) is 0 Å². The SMILES string of the molecule is CCCC[NH+]=C(CCCN1C(=O)c2ccccc2C1=O)C1=C(O)CC(C)(C)CC1=O. The van der Waals surface area contributed by atoms with E-state index in [1.165, 1.54) is 4.90 Å². The van der Waals surface area contributed by atoms with E-state index in [1.807, 2.05) is 13.8 Å². The van der Waals surface area contributed by atoms with E-state index in [1.54, 1.807) is 24.3 Å². The number of amides is 2. The van der Waals surface area contributed by atoms with Crippen LogP contribution in [-0.4, -0.2) is 46.4 Å². The van der Waals surface area contributed by atoms with Gasteiger partial charge in [-0.3, -0.25) is 19.3 Å². The van der Waals surface area contributed by atoms with E-state index in [0.717, 1.165) is 18.6 Å². The molecule has 0 atom stereocenters. The third-order valence-electron chi connectivity index (χ3n) is 5.71. The molecule has 1 aromatic carbocycles. The maximum atomic E-state index is 12.8. The Morgan fingerprint density at radius 1 is 1.07 bits per heavy atom. The molecular weight excluding hydrogens is 380 g/mol. The van der Waals surface area contributed by atoms with Crippen molar-refractivity contribution in [2.75, 3.05) is 13.1 Å². The van der Waals surface area contributed by atoms with E-state index >= 15 is 0 Å². The van der Waals surface area contributed by atoms with Gasteiger partial charge in [0.05, 0.1) is 11.1 Å². The Kier molecular flexibility index (Phi) is 6.54. The standard InChI is InChI=1S/C24H30N2O4/c1-4-5-12-25-18(21-19(27)14-24(2,3)15-20(21)28)11-8-13-26-22(29)16-9-6-7-10-17(16)23(26)30/h6-7,9-10,27H,4-5,8,11-15H2,1-3H3/p+1. The van der Waals surface area contributed by atoms with E-state index in [9.17, 15) is 19.5 Å². The summed E-state index contributed by atoms with van der Waals surface area (Å²) in [5, 5.41) is 10.6. The molecule has 2 N–H and O–H groups in total. The lowest BCUT2D eigenvalue weighted by atomic mass is 9.75. The summed E-state index contributed by atoms with van der Waals surface area (Å²) < 4.78 is 0. The van der Waals surface area contributed by atoms with Crippen LogP contribution in [0.2, 0.25) is 0 Å². The summed E-state index contributed by atoms with van der Waals surface area (Å²) in [4.78, 5) is 42.5. The summed E-state index contributed by atoms with van der Waals surface area (Å²) in [5.74, 6) is -0.457. The average molecular weight is 412 g/mol. The normalized spacial score (nSPS) is 19.0. The predicted molar refractivity (Wildman–Crippen MR) is 114 cm³/mol. The van der Waals surface area contributed by atoms with Gasteiger partial charge < -0.3 is 5.11 Å². The highest BCUT2D eigenvalue weighted by Crippen LogP contribution is 2.36. The molecule has 1 heterocycles. The second-order valence-electron chi connectivity index (χ2n) is 8.93. The molecular formula is C24H31N2O4+. The molecule has 0 fully saturated rings. The highest BCUT2D eigenvalue weighted by atomic mass is 16.3. The monoisotopic (exact) mass is 411 g/mol. The minimum Gasteiger partial charge on any atom is -0.511 e. The second kappa shape index (κ2) is 8.94. The number of imide groups is 1. The van der Waals surface area contributed by atoms with Gasteiger partial charge in [-0.2, -0.15) is 0 Å². The molecule has 0 spiro atoms. The number of aliphatic hydroxyl groups excluding tert-OH is 1. The maximum Gasteiger partial charge on any atom is 0.261 e. The number of carbonyl (C=O) groups excluding carboxylic acids is 3. The predicted octanol–water partition coefficient (Wildman–Crippen LogP) is 2.59. The zero-order valence-electron chi connectivity index (χ0n) is 18.1. The smallest absolute Gasteiger partial charge is 0.261 e. The van der Waals surface area contributed by atoms with Crippen molar-refractivity contribution in [2.45, 2.75) is 59.3 Å². The molecule has 2 amide bonds. The van der Waals surface area contributed by atoms with Crippen LogP contribution in [0.5, 0.6) is 0 Å². The average Bonchev–Trinajstić information content (AvgIpc) is 2.91. The first kappa shape index (κ1) is 21.9. The van der Waals surface area contributed by atoms with Gasteiger partial charge in [0.2, 0.25) is 0 Å². The molecule has 6 nitrogen and oxygen atoms in total. The fourth-order valence-corrected chi connectivity index (χ4v) is 4.20. The minimum atomic E-state index is -0.270. The van der Waals surface area contributed by atoms with E-state index in [-0.39, 0.29) is 35.3 Å². The molecule has 0 unspecified atom stereocenters. The Morgan fingerprint density at radius 3 is 2.27 bits per heavy atom. The summed E-state index contributed by atoms with van der Waals surface area (Å²) in [6.45, 7) is 7.04. The Labute approximate surface area is 177 Å². The number of rotatable bonds is 8. The number of carbonyl (C=O) groups is 3. The van der Waals surface area contributed by atoms with Crippen molar-refractivity contribution in [2.24, 2.45) is 5.41 Å². The molecule has 1 aliphatic carbocycles. The van der Waals surface area contributed by atoms with Gasteiger partial charge in [-0.1, -0.05) is 39.3 Å². The van der Waals surface area contributed by atoms with Gasteiger partial charge in [-0.25, -0.2) is 4.99 Å². The van der Waals surface area contributed by atoms with Gasteiger partial charge in [0.1, 0.15) is 17.9 Å². The lowest BCUT2D eigenvalue weighted by Gasteiger charge is -2.29. The van der Waals surface area contributed by atoms with Crippen molar-refractivity contribution in [1.82, 2.24) is 4.90 Å². The molecule has 30 heavy (non-hydrogen) atoms. The van der Waals surface area contributed by atoms with Crippen molar-refractivity contribution in [3.05, 3.63) is 46.7 Å². The fourth-order valence-electron chi connectivity index (χ4n) is 4.20. The van der Waals surface area contributed by atoms with E-state index < -0.39 is 0 Å². The quantitative estimate of drug-likeness (QED) is 0.391. The number of Topliss-reactive ketones (excluding diaryl/α,β-unsaturated/α-hetero) is 1. The molecule has 160 valence electrons. The fraction of sp³-hybridized carbons (Fsp3) is 0.500. The van der Waals surface area contributed by atoms with Gasteiger partial charge in [0.25, 0.3) is 11.8 Å². The van der Waals surface area contributed by atoms with Gasteiger partial charge in [-0.15, -0.1) is 0 Å². The van der Waals surface area contributed by atoms with Crippen LogP contribution < -0.4 is 4.99 Å². The van der Waals surface area contributed by atoms with Crippen molar-refractivity contribution < 1.29 is 24.5 Å². The first-order valence-corrected chi connectivity index (χ1v) is 10.8. The molecule has 1 aromatic rings. The number of nitrogens with one attached hydrogen (secondary N) is 1. The van der Waals surface area contributed by atoms with Crippen LogP contribution in [0, 0.1) is 5.41 Å². The number of ketones is 1. The summed E-state index contributed by atoms with van der Waals surface area (Å²) in [5.41, 5.74) is 1.75. The number of aliphatic hydroxyl groups is 1. The second-order valence-corrected chi connectivity index (χ2v) is 8.93. The van der Waals surface area contributed by atoms with Gasteiger partial charge in [-0.05, 0) is 24.0 Å². The topological polar surface area (TPSA) is 88.7 Å². The number of benzene rings is 1. The molecule has 0 radical (unpaired) electrons. The van der Waals surface area contributed by atoms with Gasteiger partial charge >= 0.3 is 0 Å². The zero-order valence-corrected chi connectivity index (χ0v) is 18.1. The molecule has 6 heteroatoms. The lowest BCUT2D eigenvalue weighted by Crippen LogP contribution is -2.74. The summed E-state index contributed by atoms with van der Waals surface area (Å²) in [7, 11) is 0. The van der Waals surface area contributed by atoms with Crippen molar-refractivity contribution in [3.8, 4) is 0 Å². The third kappa shape index (κ3) is 4.53. The summed E-state index contributed by atoms with van der Waals surface area (Å²) in [6, 6.07) is 6.85. The lowest BCUT2D eigenvalue weighted by molar-refractivity contribution is -0.458. The van der Waals surface area contributed by atoms with Crippen LogP contribution in [0.3, 0.4) is 0 Å². The van der Waals surface area contributed by atoms with E-state index in [2.05, 4.69) is 11.9 Å². The number of fused-ring (bicyclic) bond motifs is 1. The molecule has 0 bridgehead atoms. The van der Waals surface area contributed by atoms with E-state index in [4.69, 9.17) is 0 Å². The van der Waals surface area contributed by atoms with Crippen LogP contribution >= 0.6 is 0 Å². The Balaban J connectivity index is 1.73. The largest absolute Gasteiger partial charge is 0.511 e. The van der Waals surface area contributed by atoms with Crippen LogP contribution in [0.15, 0.2) is 35.6 Å². The number of hydrogen-bond donors (Lipinski definition) is 2. The Morgan fingerprint density at radius 2 is 1.70 bits per heavy atom. The number of hydrogen-bond acceptors (Lipinski definition) is 4. The first-order valence-electron chi connectivity index (χ1n) is 10.8. The number of allylic oxidation sites excluding steroid dienone is 2. The zero-order chi connectivity index (χ0) is 21.9. The van der Waals surface area contributed by atoms with Crippen LogP contribution in [0.4, 0.5) is 0 Å². The molecule has 1 aliphatic heterocycles. The Bertz CT molecular complexity index is 892. The maximum absolute atomic E-state index is 12.8. The van der Waals surface area contributed by atoms with Crippen molar-refractivity contribution >= 4 is 23.3 Å². The molecule has 2 aliphatic rings. The number of unbranched alkanes of at least 4 members (excludes halogenated alkanes) is 1. The van der Waals surface area contributed by atoms with Crippen LogP contribution in [0.25, 0.3) is 0 Å². The van der Waals surface area contributed by atoms with Crippen LogP contribution in [-0.2, 0) is 4.79 Å². The summed E-state index contributed by atoms with van der Waals surface area (Å²) >= 11 is 0. The van der Waals surface area contributed by atoms with Gasteiger partial charge in [0.15, 0.2) is 11.5 Å². The molecule has 3 rings (SSSR count). The first-order chi connectivity index (χ1) is 14.2. The summed E-state index contributed by atoms with van der Waals surface area (Å²) in [6.07, 6.45) is 3.84. The third-order valence-corrected chi connectivity index (χ3v) is 5.71. The highest BCUT2D eigenvalue weighted by Gasteiger charge is 2.38. The van der Waals surface area contributed by atoms with Crippen LogP contribution in [0.1, 0.15) is 80.0 Å².